The maximum atomic E-state index is 12.2. The van der Waals surface area contributed by atoms with Gasteiger partial charge in [0.2, 0.25) is 0 Å². The Hall–Kier alpha value is -3.80. The van der Waals surface area contributed by atoms with Crippen LogP contribution in [0.3, 0.4) is 0 Å². The van der Waals surface area contributed by atoms with Crippen molar-refractivity contribution in [3.63, 3.8) is 0 Å². The van der Waals surface area contributed by atoms with Crippen LogP contribution in [0.25, 0.3) is 21.9 Å². The number of rotatable bonds is 5. The van der Waals surface area contributed by atoms with Gasteiger partial charge in [0.25, 0.3) is 0 Å². The molecule has 2 aromatic carbocycles. The second-order valence-electron chi connectivity index (χ2n) is 6.90. The molecule has 0 saturated carbocycles. The van der Waals surface area contributed by atoms with Gasteiger partial charge < -0.3 is 8.83 Å². The van der Waals surface area contributed by atoms with Gasteiger partial charge in [0.1, 0.15) is 11.2 Å². The normalized spacial score (nSPS) is 12.6. The van der Waals surface area contributed by atoms with E-state index >= 15 is 0 Å². The molecule has 0 radical (unpaired) electrons. The zero-order chi connectivity index (χ0) is 21.1. The van der Waals surface area contributed by atoms with Crippen LogP contribution in [0.15, 0.2) is 89.1 Å². The first-order valence-corrected chi connectivity index (χ1v) is 9.61. The summed E-state index contributed by atoms with van der Waals surface area (Å²) in [7, 11) is 0. The number of para-hydroxylation sites is 2. The van der Waals surface area contributed by atoms with Crippen LogP contribution in [0.5, 0.6) is 0 Å². The first-order chi connectivity index (χ1) is 14.5. The number of benzene rings is 2. The van der Waals surface area contributed by atoms with Gasteiger partial charge in [0, 0.05) is 22.2 Å². The van der Waals surface area contributed by atoms with Crippen LogP contribution >= 0.6 is 0 Å². The van der Waals surface area contributed by atoms with E-state index in [-0.39, 0.29) is 0 Å². The van der Waals surface area contributed by atoms with Gasteiger partial charge in [-0.3, -0.25) is 9.98 Å². The molecule has 0 amide bonds. The lowest BCUT2D eigenvalue weighted by atomic mass is 10.1. The van der Waals surface area contributed by atoms with Gasteiger partial charge in [-0.2, -0.15) is 0 Å². The van der Waals surface area contributed by atoms with Crippen molar-refractivity contribution >= 4 is 33.4 Å². The van der Waals surface area contributed by atoms with E-state index in [1.165, 1.54) is 0 Å². The average molecular weight is 400 g/mol. The minimum Gasteiger partial charge on any atom is -0.422 e. The molecule has 150 valence electrons. The Bertz CT molecular complexity index is 1300. The summed E-state index contributed by atoms with van der Waals surface area (Å²) < 4.78 is 10.7. The van der Waals surface area contributed by atoms with Gasteiger partial charge in [-0.25, -0.2) is 9.59 Å². The fraction of sp³-hybridized carbons (Fsp3) is 0.167. The van der Waals surface area contributed by atoms with E-state index in [1.54, 1.807) is 38.1 Å². The fourth-order valence-electron chi connectivity index (χ4n) is 3.23. The van der Waals surface area contributed by atoms with E-state index in [9.17, 15) is 9.59 Å². The lowest BCUT2D eigenvalue weighted by Gasteiger charge is -2.03. The first-order valence-electron chi connectivity index (χ1n) is 9.61. The summed E-state index contributed by atoms with van der Waals surface area (Å²) in [6.45, 7) is 4.31. The summed E-state index contributed by atoms with van der Waals surface area (Å²) in [4.78, 5) is 33.3. The molecule has 0 bridgehead atoms. The van der Waals surface area contributed by atoms with Crippen LogP contribution < -0.4 is 11.3 Å². The summed E-state index contributed by atoms with van der Waals surface area (Å²) in [5.74, 6) is 0. The number of nitrogens with zero attached hydrogens (tertiary/aromatic N) is 2. The Morgan fingerprint density at radius 3 is 1.53 bits per heavy atom. The van der Waals surface area contributed by atoms with Gasteiger partial charge in [0.15, 0.2) is 0 Å². The largest absolute Gasteiger partial charge is 0.422 e. The monoisotopic (exact) mass is 400 g/mol. The molecule has 0 atom stereocenters. The molecule has 30 heavy (non-hydrogen) atoms. The Labute approximate surface area is 172 Å². The lowest BCUT2D eigenvalue weighted by molar-refractivity contribution is 0.559. The Morgan fingerprint density at radius 1 is 0.700 bits per heavy atom. The van der Waals surface area contributed by atoms with Gasteiger partial charge >= 0.3 is 11.3 Å². The first kappa shape index (κ1) is 19.5. The van der Waals surface area contributed by atoms with E-state index in [1.807, 2.05) is 36.4 Å². The topological polar surface area (TPSA) is 85.1 Å². The highest BCUT2D eigenvalue weighted by atomic mass is 16.4. The van der Waals surface area contributed by atoms with Crippen LogP contribution in [-0.2, 0) is 0 Å². The molecule has 2 aromatic heterocycles. The zero-order valence-corrected chi connectivity index (χ0v) is 16.7. The molecule has 0 unspecified atom stereocenters. The van der Waals surface area contributed by atoms with Crippen molar-refractivity contribution in [3.05, 3.63) is 92.6 Å². The molecule has 0 spiro atoms. The minimum atomic E-state index is -0.414. The number of hydrogen-bond donors (Lipinski definition) is 0. The highest BCUT2D eigenvalue weighted by Gasteiger charge is 2.09. The van der Waals surface area contributed by atoms with E-state index in [0.29, 0.717) is 46.8 Å². The second kappa shape index (κ2) is 8.29. The standard InChI is InChI=1S/C24H20N2O4/c1-15(19-13-17-7-3-5-9-21(17)29-23(19)27)25-11-12-26-16(2)20-14-18-8-4-6-10-22(18)30-24(20)28/h3-10,13-14H,11-12H2,1-2H3. The van der Waals surface area contributed by atoms with E-state index in [0.717, 1.165) is 10.8 Å². The predicted octanol–water partition coefficient (Wildman–Crippen LogP) is 4.22. The summed E-state index contributed by atoms with van der Waals surface area (Å²) in [5, 5.41) is 1.69. The summed E-state index contributed by atoms with van der Waals surface area (Å²) in [6.07, 6.45) is 0. The molecule has 0 aliphatic carbocycles. The van der Waals surface area contributed by atoms with Crippen LogP contribution in [0.2, 0.25) is 0 Å². The number of fused-ring (bicyclic) bond motifs is 2. The SMILES string of the molecule is CC(=NCCN=C(C)c1cc2ccccc2oc1=O)c1cc2ccccc2oc1=O. The van der Waals surface area contributed by atoms with Crippen molar-refractivity contribution in [2.75, 3.05) is 13.1 Å². The molecule has 0 saturated heterocycles. The van der Waals surface area contributed by atoms with Crippen molar-refractivity contribution < 1.29 is 8.83 Å². The van der Waals surface area contributed by atoms with Gasteiger partial charge in [-0.05, 0) is 38.1 Å². The smallest absolute Gasteiger partial charge is 0.345 e. The van der Waals surface area contributed by atoms with Crippen molar-refractivity contribution in [3.8, 4) is 0 Å². The molecule has 2 heterocycles. The zero-order valence-electron chi connectivity index (χ0n) is 16.7. The van der Waals surface area contributed by atoms with Gasteiger partial charge in [-0.15, -0.1) is 0 Å². The van der Waals surface area contributed by atoms with Crippen molar-refractivity contribution in [1.29, 1.82) is 0 Å². The maximum Gasteiger partial charge on any atom is 0.345 e. The summed E-state index contributed by atoms with van der Waals surface area (Å²) >= 11 is 0. The van der Waals surface area contributed by atoms with E-state index in [4.69, 9.17) is 8.83 Å². The van der Waals surface area contributed by atoms with Crippen LogP contribution in [0, 0.1) is 0 Å². The second-order valence-corrected chi connectivity index (χ2v) is 6.90. The highest BCUT2D eigenvalue weighted by Crippen LogP contribution is 2.14. The molecule has 0 N–H and O–H groups in total. The molecular formula is C24H20N2O4. The summed E-state index contributed by atoms with van der Waals surface area (Å²) in [6, 6.07) is 18.3. The molecule has 0 aliphatic heterocycles. The summed E-state index contributed by atoms with van der Waals surface area (Å²) in [5.41, 5.74) is 2.32. The molecule has 6 heteroatoms. The van der Waals surface area contributed by atoms with Gasteiger partial charge in [0.05, 0.1) is 24.2 Å². The van der Waals surface area contributed by atoms with E-state index < -0.39 is 11.3 Å². The molecular weight excluding hydrogens is 380 g/mol. The number of hydrogen-bond acceptors (Lipinski definition) is 6. The third kappa shape index (κ3) is 3.98. The Balaban J connectivity index is 1.51. The van der Waals surface area contributed by atoms with Crippen molar-refractivity contribution in [2.45, 2.75) is 13.8 Å². The predicted molar refractivity (Wildman–Crippen MR) is 119 cm³/mol. The molecule has 6 nitrogen and oxygen atoms in total. The van der Waals surface area contributed by atoms with Crippen LogP contribution in [0.1, 0.15) is 25.0 Å². The Morgan fingerprint density at radius 2 is 1.10 bits per heavy atom. The molecule has 0 fully saturated rings. The number of aliphatic imine (C=N–C) groups is 2. The fourth-order valence-corrected chi connectivity index (χ4v) is 3.23. The van der Waals surface area contributed by atoms with E-state index in [2.05, 4.69) is 9.98 Å². The minimum absolute atomic E-state index is 0.383. The third-order valence-corrected chi connectivity index (χ3v) is 4.86. The average Bonchev–Trinajstić information content (AvgIpc) is 2.75. The highest BCUT2D eigenvalue weighted by molar-refractivity contribution is 6.01. The molecule has 4 aromatic rings. The van der Waals surface area contributed by atoms with Crippen molar-refractivity contribution in [2.24, 2.45) is 9.98 Å². The third-order valence-electron chi connectivity index (χ3n) is 4.86. The quantitative estimate of drug-likeness (QED) is 0.285. The molecule has 0 aliphatic rings. The van der Waals surface area contributed by atoms with Gasteiger partial charge in [-0.1, -0.05) is 36.4 Å². The lowest BCUT2D eigenvalue weighted by Crippen LogP contribution is -2.14. The Kier molecular flexibility index (Phi) is 5.39. The molecule has 4 rings (SSSR count). The van der Waals surface area contributed by atoms with Crippen LogP contribution in [-0.4, -0.2) is 24.5 Å². The van der Waals surface area contributed by atoms with Crippen molar-refractivity contribution in [1.82, 2.24) is 0 Å². The maximum absolute atomic E-state index is 12.2. The van der Waals surface area contributed by atoms with Crippen LogP contribution in [0.4, 0.5) is 0 Å².